The summed E-state index contributed by atoms with van der Waals surface area (Å²) in [5, 5.41) is 4.95. The molecule has 2 aromatic heterocycles. The average Bonchev–Trinajstić information content (AvgIpc) is 3.70. The number of para-hydroxylation sites is 4. The van der Waals surface area contributed by atoms with Crippen LogP contribution in [-0.4, -0.2) is 9.13 Å². The fourth-order valence-corrected chi connectivity index (χ4v) is 7.78. The van der Waals surface area contributed by atoms with Crippen LogP contribution in [-0.2, 0) is 0 Å². The van der Waals surface area contributed by atoms with E-state index in [2.05, 4.69) is 214 Å². The number of aromatic nitrogens is 2. The smallest absolute Gasteiger partial charge is 0.0548 e. The molecule has 0 aliphatic rings. The van der Waals surface area contributed by atoms with Crippen molar-refractivity contribution in [2.75, 3.05) is 4.90 Å². The lowest BCUT2D eigenvalue weighted by molar-refractivity contribution is 1.17. The lowest BCUT2D eigenvalue weighted by Gasteiger charge is -2.25. The topological polar surface area (TPSA) is 13.1 Å². The molecule has 0 atom stereocenters. The number of hydrogen-bond acceptors (Lipinski definition) is 1. The molecule has 0 amide bonds. The Kier molecular flexibility index (Phi) is 6.81. The van der Waals surface area contributed by atoms with Crippen molar-refractivity contribution in [1.29, 1.82) is 0 Å². The van der Waals surface area contributed by atoms with Gasteiger partial charge in [0, 0.05) is 50.0 Å². The fraction of sp³-hybridized carbons (Fsp3) is 0. The number of hydrogen-bond donors (Lipinski definition) is 0. The highest BCUT2D eigenvalue weighted by Crippen LogP contribution is 2.41. The van der Waals surface area contributed by atoms with E-state index in [1.54, 1.807) is 0 Å². The van der Waals surface area contributed by atoms with Gasteiger partial charge in [-0.2, -0.15) is 0 Å². The third-order valence-electron chi connectivity index (χ3n) is 10.1. The number of anilines is 3. The Morgan fingerprint density at radius 2 is 0.725 bits per heavy atom. The van der Waals surface area contributed by atoms with Crippen LogP contribution in [0.5, 0.6) is 0 Å². The second kappa shape index (κ2) is 11.9. The van der Waals surface area contributed by atoms with Crippen molar-refractivity contribution in [3.05, 3.63) is 200 Å². The third kappa shape index (κ3) is 4.82. The molecule has 51 heavy (non-hydrogen) atoms. The van der Waals surface area contributed by atoms with E-state index >= 15 is 0 Å². The van der Waals surface area contributed by atoms with Crippen molar-refractivity contribution < 1.29 is 0 Å². The first-order chi connectivity index (χ1) is 25.3. The van der Waals surface area contributed by atoms with Crippen molar-refractivity contribution in [3.63, 3.8) is 0 Å². The predicted octanol–water partition coefficient (Wildman–Crippen LogP) is 13.0. The van der Waals surface area contributed by atoms with Crippen LogP contribution in [0.3, 0.4) is 0 Å². The van der Waals surface area contributed by atoms with Gasteiger partial charge in [-0.15, -0.1) is 0 Å². The monoisotopic (exact) mass is 651 g/mol. The van der Waals surface area contributed by atoms with Crippen LogP contribution >= 0.6 is 0 Å². The molecule has 8 aromatic carbocycles. The summed E-state index contributed by atoms with van der Waals surface area (Å²) in [6.45, 7) is 0. The van der Waals surface area contributed by atoms with E-state index in [1.807, 2.05) is 0 Å². The highest BCUT2D eigenvalue weighted by molar-refractivity contribution is 6.19. The van der Waals surface area contributed by atoms with Gasteiger partial charge in [0.15, 0.2) is 0 Å². The zero-order valence-electron chi connectivity index (χ0n) is 27.9. The molecule has 10 aromatic rings. The molecule has 0 bridgehead atoms. The quantitative estimate of drug-likeness (QED) is 0.174. The summed E-state index contributed by atoms with van der Waals surface area (Å²) in [5.74, 6) is 0. The summed E-state index contributed by atoms with van der Waals surface area (Å²) in [5.41, 5.74) is 12.8. The molecule has 3 nitrogen and oxygen atoms in total. The van der Waals surface area contributed by atoms with Gasteiger partial charge in [0.2, 0.25) is 0 Å². The zero-order chi connectivity index (χ0) is 33.7. The molecule has 10 rings (SSSR count). The summed E-state index contributed by atoms with van der Waals surface area (Å²) in [6, 6.07) is 72.0. The van der Waals surface area contributed by atoms with Gasteiger partial charge in [-0.3, -0.25) is 0 Å². The van der Waals surface area contributed by atoms with Gasteiger partial charge in [0.25, 0.3) is 0 Å². The van der Waals surface area contributed by atoms with Crippen LogP contribution in [0.1, 0.15) is 0 Å². The first-order valence-electron chi connectivity index (χ1n) is 17.4. The summed E-state index contributed by atoms with van der Waals surface area (Å²) in [7, 11) is 0. The number of fused-ring (bicyclic) bond motifs is 6. The first-order valence-corrected chi connectivity index (χ1v) is 17.4. The van der Waals surface area contributed by atoms with Crippen molar-refractivity contribution in [2.24, 2.45) is 0 Å². The maximum absolute atomic E-state index is 2.44. The minimum atomic E-state index is 1.11. The van der Waals surface area contributed by atoms with Crippen molar-refractivity contribution >= 4 is 60.7 Å². The van der Waals surface area contributed by atoms with Gasteiger partial charge in [0.1, 0.15) is 0 Å². The zero-order valence-corrected chi connectivity index (χ0v) is 27.9. The molecule has 0 spiro atoms. The molecule has 0 unspecified atom stereocenters. The van der Waals surface area contributed by atoms with Crippen LogP contribution in [0.15, 0.2) is 200 Å². The molecule has 2 heterocycles. The highest BCUT2D eigenvalue weighted by atomic mass is 15.1. The molecule has 0 aliphatic carbocycles. The van der Waals surface area contributed by atoms with Crippen molar-refractivity contribution in [1.82, 2.24) is 9.13 Å². The molecular weight excluding hydrogens is 619 g/mol. The van der Waals surface area contributed by atoms with Gasteiger partial charge in [-0.25, -0.2) is 0 Å². The fourth-order valence-electron chi connectivity index (χ4n) is 7.78. The molecule has 240 valence electrons. The van der Waals surface area contributed by atoms with Crippen molar-refractivity contribution in [2.45, 2.75) is 0 Å². The van der Waals surface area contributed by atoms with Crippen LogP contribution in [0.25, 0.3) is 66.1 Å². The summed E-state index contributed by atoms with van der Waals surface area (Å²) in [6.07, 6.45) is 0. The van der Waals surface area contributed by atoms with Gasteiger partial charge < -0.3 is 14.0 Å². The highest BCUT2D eigenvalue weighted by Gasteiger charge is 2.20. The van der Waals surface area contributed by atoms with Crippen LogP contribution in [0.4, 0.5) is 17.1 Å². The third-order valence-corrected chi connectivity index (χ3v) is 10.1. The molecule has 0 saturated carbocycles. The van der Waals surface area contributed by atoms with Gasteiger partial charge >= 0.3 is 0 Å². The number of rotatable bonds is 6. The maximum atomic E-state index is 2.44. The van der Waals surface area contributed by atoms with Gasteiger partial charge in [-0.05, 0) is 102 Å². The first kappa shape index (κ1) is 29.1. The Labute approximate surface area is 296 Å². The van der Waals surface area contributed by atoms with E-state index in [1.165, 1.54) is 54.7 Å². The van der Waals surface area contributed by atoms with Crippen LogP contribution < -0.4 is 4.90 Å². The largest absolute Gasteiger partial charge is 0.311 e. The summed E-state index contributed by atoms with van der Waals surface area (Å²) >= 11 is 0. The standard InChI is InChI=1S/C48H33N3/c1-5-15-34(16-6-1)35-25-30-46-42(31-35)44-33-47-43(41-23-13-14-24-45(41)50(47)38-21-11-4-12-22-38)32-48(44)51(46)40-28-26-39(27-29-40)49(36-17-7-2-8-18-36)37-19-9-3-10-20-37/h1-33H. The molecule has 0 fully saturated rings. The minimum Gasteiger partial charge on any atom is -0.311 e. The second-order valence-electron chi connectivity index (χ2n) is 13.0. The van der Waals surface area contributed by atoms with E-state index in [4.69, 9.17) is 0 Å². The molecule has 0 aliphatic heterocycles. The van der Waals surface area contributed by atoms with Crippen LogP contribution in [0.2, 0.25) is 0 Å². The SMILES string of the molecule is c1ccc(-c2ccc3c(c2)c2cc4c(cc2n3-c2ccc(N(c3ccccc3)c3ccccc3)cc2)c2ccccc2n4-c2ccccc2)cc1. The lowest BCUT2D eigenvalue weighted by Crippen LogP contribution is -2.09. The van der Waals surface area contributed by atoms with E-state index in [0.29, 0.717) is 0 Å². The Morgan fingerprint density at radius 1 is 0.275 bits per heavy atom. The Balaban J connectivity index is 1.23. The van der Waals surface area contributed by atoms with E-state index in [0.717, 1.165) is 28.4 Å². The number of nitrogens with zero attached hydrogens (tertiary/aromatic N) is 3. The van der Waals surface area contributed by atoms with Gasteiger partial charge in [-0.1, -0.05) is 109 Å². The Hall–Kier alpha value is -6.84. The molecule has 0 N–H and O–H groups in total. The van der Waals surface area contributed by atoms with Crippen LogP contribution in [0, 0.1) is 0 Å². The Bertz CT molecular complexity index is 2780. The second-order valence-corrected chi connectivity index (χ2v) is 13.0. The Morgan fingerprint density at radius 3 is 1.35 bits per heavy atom. The minimum absolute atomic E-state index is 1.11. The summed E-state index contributed by atoms with van der Waals surface area (Å²) < 4.78 is 4.84. The summed E-state index contributed by atoms with van der Waals surface area (Å²) in [4.78, 5) is 2.31. The van der Waals surface area contributed by atoms with E-state index in [-0.39, 0.29) is 0 Å². The number of benzene rings is 8. The van der Waals surface area contributed by atoms with E-state index < -0.39 is 0 Å². The van der Waals surface area contributed by atoms with E-state index in [9.17, 15) is 0 Å². The molecule has 0 radical (unpaired) electrons. The average molecular weight is 652 g/mol. The lowest BCUT2D eigenvalue weighted by atomic mass is 10.0. The van der Waals surface area contributed by atoms with Crippen molar-refractivity contribution in [3.8, 4) is 22.5 Å². The van der Waals surface area contributed by atoms with Gasteiger partial charge in [0.05, 0.1) is 22.1 Å². The maximum Gasteiger partial charge on any atom is 0.0548 e. The normalized spacial score (nSPS) is 11.5. The molecular formula is C48H33N3. The predicted molar refractivity (Wildman–Crippen MR) is 215 cm³/mol. The molecule has 0 saturated heterocycles. The molecule has 3 heteroatoms.